The highest BCUT2D eigenvalue weighted by atomic mass is 79.9. The summed E-state index contributed by atoms with van der Waals surface area (Å²) in [6, 6.07) is 7.30. The zero-order valence-corrected chi connectivity index (χ0v) is 12.9. The molecule has 0 N–H and O–H groups in total. The minimum Gasteiger partial charge on any atom is -0.497 e. The fourth-order valence-electron chi connectivity index (χ4n) is 2.39. The Balaban J connectivity index is 1.93. The molecule has 2 rings (SSSR count). The van der Waals surface area contributed by atoms with Gasteiger partial charge < -0.3 is 9.64 Å². The number of ether oxygens (including phenoxy) is 1. The highest BCUT2D eigenvalue weighted by Crippen LogP contribution is 2.17. The lowest BCUT2D eigenvalue weighted by Gasteiger charge is -2.27. The van der Waals surface area contributed by atoms with Crippen LogP contribution in [0.3, 0.4) is 0 Å². The minimum absolute atomic E-state index is 0.126. The maximum Gasteiger partial charge on any atom is 0.177 e. The number of carbonyl (C=O) groups excluding carboxylic acids is 1. The quantitative estimate of drug-likeness (QED) is 0.615. The molecule has 0 aliphatic carbocycles. The molecule has 1 saturated heterocycles. The van der Waals surface area contributed by atoms with Crippen molar-refractivity contribution in [1.29, 1.82) is 0 Å². The number of rotatable bonds is 5. The maximum absolute atomic E-state index is 12.3. The van der Waals surface area contributed by atoms with Crippen molar-refractivity contribution in [3.63, 3.8) is 0 Å². The van der Waals surface area contributed by atoms with Gasteiger partial charge in [-0.25, -0.2) is 0 Å². The van der Waals surface area contributed by atoms with Gasteiger partial charge in [0.25, 0.3) is 0 Å². The van der Waals surface area contributed by atoms with Gasteiger partial charge in [-0.1, -0.05) is 22.4 Å². The van der Waals surface area contributed by atoms with Gasteiger partial charge in [0.1, 0.15) is 5.75 Å². The second-order valence-electron chi connectivity index (χ2n) is 4.92. The second kappa shape index (κ2) is 7.06. The number of nitrogens with zero attached hydrogens (tertiary/aromatic N) is 1. The number of likely N-dealkylation sites (tertiary alicyclic amines) is 1. The van der Waals surface area contributed by atoms with E-state index in [-0.39, 0.29) is 10.6 Å². The number of methoxy groups -OCH3 is 1. The molecule has 1 heterocycles. The number of carbonyl (C=O) groups is 1. The number of Topliss-reactive ketones (excluding diaryl/α,β-unsaturated/α-hetero) is 1. The van der Waals surface area contributed by atoms with E-state index in [4.69, 9.17) is 4.74 Å². The van der Waals surface area contributed by atoms with Crippen LogP contribution in [0.25, 0.3) is 0 Å². The van der Waals surface area contributed by atoms with Gasteiger partial charge in [-0.2, -0.15) is 0 Å². The fourth-order valence-corrected chi connectivity index (χ4v) is 3.06. The summed E-state index contributed by atoms with van der Waals surface area (Å²) in [5.41, 5.74) is 0.736. The second-order valence-corrected chi connectivity index (χ2v) is 6.03. The first-order valence-corrected chi connectivity index (χ1v) is 7.67. The van der Waals surface area contributed by atoms with E-state index in [0.29, 0.717) is 0 Å². The van der Waals surface area contributed by atoms with Crippen LogP contribution in [-0.4, -0.2) is 42.3 Å². The van der Waals surface area contributed by atoms with Crippen LogP contribution in [0, 0.1) is 0 Å². The fraction of sp³-hybridized carbons (Fsp3) is 0.533. The van der Waals surface area contributed by atoms with E-state index in [0.717, 1.165) is 30.9 Å². The summed E-state index contributed by atoms with van der Waals surface area (Å²) in [6.07, 6.45) is 3.81. The number of halogens is 1. The number of benzene rings is 1. The molecule has 0 saturated carbocycles. The van der Waals surface area contributed by atoms with Crippen LogP contribution in [-0.2, 0) is 0 Å². The molecule has 1 aliphatic heterocycles. The number of hydrogen-bond acceptors (Lipinski definition) is 3. The van der Waals surface area contributed by atoms with Crippen LogP contribution in [0.1, 0.15) is 29.6 Å². The Bertz CT molecular complexity index is 413. The number of hydrogen-bond donors (Lipinski definition) is 0. The van der Waals surface area contributed by atoms with E-state index in [1.807, 2.05) is 24.3 Å². The van der Waals surface area contributed by atoms with Crippen molar-refractivity contribution < 1.29 is 9.53 Å². The molecule has 0 spiro atoms. The van der Waals surface area contributed by atoms with Crippen LogP contribution in [0.5, 0.6) is 5.75 Å². The van der Waals surface area contributed by atoms with E-state index in [2.05, 4.69) is 20.8 Å². The largest absolute Gasteiger partial charge is 0.497 e. The van der Waals surface area contributed by atoms with Gasteiger partial charge in [0, 0.05) is 12.1 Å². The highest BCUT2D eigenvalue weighted by molar-refractivity contribution is 9.10. The number of ketones is 1. The summed E-state index contributed by atoms with van der Waals surface area (Å²) < 4.78 is 5.10. The predicted molar refractivity (Wildman–Crippen MR) is 80.3 cm³/mol. The van der Waals surface area contributed by atoms with Gasteiger partial charge in [0.2, 0.25) is 0 Å². The monoisotopic (exact) mass is 325 g/mol. The van der Waals surface area contributed by atoms with Gasteiger partial charge in [-0.05, 0) is 50.2 Å². The summed E-state index contributed by atoms with van der Waals surface area (Å²) in [5.74, 6) is 0.923. The molecule has 19 heavy (non-hydrogen) atoms. The zero-order chi connectivity index (χ0) is 13.7. The Hall–Kier alpha value is -0.870. The molecule has 104 valence electrons. The van der Waals surface area contributed by atoms with E-state index in [1.165, 1.54) is 19.3 Å². The molecular formula is C15H20BrNO2. The molecule has 1 aliphatic rings. The average Bonchev–Trinajstić information content (AvgIpc) is 2.47. The Morgan fingerprint density at radius 1 is 1.26 bits per heavy atom. The molecule has 1 atom stereocenters. The van der Waals surface area contributed by atoms with Crippen LogP contribution >= 0.6 is 15.9 Å². The summed E-state index contributed by atoms with van der Waals surface area (Å²) in [4.78, 5) is 14.5. The van der Waals surface area contributed by atoms with Crippen LogP contribution in [0.15, 0.2) is 24.3 Å². The molecule has 1 fully saturated rings. The van der Waals surface area contributed by atoms with Gasteiger partial charge in [0.15, 0.2) is 5.78 Å². The first kappa shape index (κ1) is 14.5. The van der Waals surface area contributed by atoms with E-state index >= 15 is 0 Å². The summed E-state index contributed by atoms with van der Waals surface area (Å²) in [6.45, 7) is 3.01. The van der Waals surface area contributed by atoms with Crippen molar-refractivity contribution in [2.75, 3.05) is 26.7 Å². The standard InChI is InChI=1S/C15H20BrNO2/c1-19-13-7-5-12(6-8-13)15(18)14(16)11-17-9-3-2-4-10-17/h5-8,14H,2-4,9-11H2,1H3/t14-/m1/s1. The molecule has 1 aromatic carbocycles. The smallest absolute Gasteiger partial charge is 0.177 e. The first-order valence-electron chi connectivity index (χ1n) is 6.75. The number of alkyl halides is 1. The van der Waals surface area contributed by atoms with E-state index in [1.54, 1.807) is 7.11 Å². The van der Waals surface area contributed by atoms with Gasteiger partial charge in [0.05, 0.1) is 11.9 Å². The predicted octanol–water partition coefficient (Wildman–Crippen LogP) is 3.13. The molecule has 0 radical (unpaired) electrons. The molecule has 0 amide bonds. The Kier molecular flexibility index (Phi) is 5.40. The van der Waals surface area contributed by atoms with Gasteiger partial charge in [-0.15, -0.1) is 0 Å². The third-order valence-corrected chi connectivity index (χ3v) is 4.23. The van der Waals surface area contributed by atoms with Crippen molar-refractivity contribution in [3.8, 4) is 5.75 Å². The Labute approximate surface area is 123 Å². The molecule has 0 bridgehead atoms. The van der Waals surface area contributed by atoms with Crippen LogP contribution in [0.4, 0.5) is 0 Å². The van der Waals surface area contributed by atoms with Gasteiger partial charge >= 0.3 is 0 Å². The average molecular weight is 326 g/mol. The highest BCUT2D eigenvalue weighted by Gasteiger charge is 2.21. The van der Waals surface area contributed by atoms with E-state index in [9.17, 15) is 4.79 Å². The molecule has 0 aromatic heterocycles. The molecular weight excluding hydrogens is 306 g/mol. The third kappa shape index (κ3) is 4.05. The van der Waals surface area contributed by atoms with Crippen LogP contribution in [0.2, 0.25) is 0 Å². The zero-order valence-electron chi connectivity index (χ0n) is 11.3. The van der Waals surface area contributed by atoms with Crippen molar-refractivity contribution in [3.05, 3.63) is 29.8 Å². The lowest BCUT2D eigenvalue weighted by molar-refractivity contribution is 0.0970. The Morgan fingerprint density at radius 2 is 1.89 bits per heavy atom. The lowest BCUT2D eigenvalue weighted by Crippen LogP contribution is -2.37. The third-order valence-electron chi connectivity index (χ3n) is 3.53. The van der Waals surface area contributed by atoms with E-state index < -0.39 is 0 Å². The van der Waals surface area contributed by atoms with Gasteiger partial charge in [-0.3, -0.25) is 4.79 Å². The molecule has 1 aromatic rings. The lowest BCUT2D eigenvalue weighted by atomic mass is 10.1. The molecule has 4 heteroatoms. The molecule has 0 unspecified atom stereocenters. The van der Waals surface area contributed by atoms with Crippen LogP contribution < -0.4 is 4.74 Å². The topological polar surface area (TPSA) is 29.5 Å². The summed E-state index contributed by atoms with van der Waals surface area (Å²) in [5, 5.41) is 0. The summed E-state index contributed by atoms with van der Waals surface area (Å²) >= 11 is 3.53. The first-order chi connectivity index (χ1) is 9.20. The summed E-state index contributed by atoms with van der Waals surface area (Å²) in [7, 11) is 1.63. The van der Waals surface area contributed by atoms with Crippen molar-refractivity contribution >= 4 is 21.7 Å². The minimum atomic E-state index is -0.126. The van der Waals surface area contributed by atoms with Crippen molar-refractivity contribution in [2.24, 2.45) is 0 Å². The number of piperidine rings is 1. The SMILES string of the molecule is COc1ccc(C(=O)[C@H](Br)CN2CCCCC2)cc1. The van der Waals surface area contributed by atoms with Crippen molar-refractivity contribution in [2.45, 2.75) is 24.1 Å². The normalized spacial score (nSPS) is 18.0. The Morgan fingerprint density at radius 3 is 2.47 bits per heavy atom. The molecule has 3 nitrogen and oxygen atoms in total. The van der Waals surface area contributed by atoms with Crippen molar-refractivity contribution in [1.82, 2.24) is 4.90 Å². The maximum atomic E-state index is 12.3.